The van der Waals surface area contributed by atoms with Crippen LogP contribution in [-0.4, -0.2) is 56.2 Å². The zero-order valence-electron chi connectivity index (χ0n) is 21.2. The van der Waals surface area contributed by atoms with Crippen molar-refractivity contribution < 1.29 is 27.4 Å². The second-order valence-electron chi connectivity index (χ2n) is 8.13. The van der Waals surface area contributed by atoms with Gasteiger partial charge >= 0.3 is 0 Å². The Balaban J connectivity index is 1.78. The summed E-state index contributed by atoms with van der Waals surface area (Å²) in [6, 6.07) is 14.3. The van der Waals surface area contributed by atoms with Crippen LogP contribution < -0.4 is 20.5 Å². The molecule has 3 rings (SSSR count). The Hall–Kier alpha value is -4.29. The number of ether oxygens (including phenoxy) is 3. The van der Waals surface area contributed by atoms with E-state index in [-0.39, 0.29) is 34.2 Å². The van der Waals surface area contributed by atoms with Gasteiger partial charge in [0, 0.05) is 37.9 Å². The van der Waals surface area contributed by atoms with Crippen LogP contribution >= 0.6 is 0 Å². The standard InChI is InChI=1S/C26H29N5O6S/c1-18(17-35-2)36-25-15-21(37-20-7-9-22(10-8-20)38(3,33)34)14-23(30-25)26(32)31-24(27)11-13-28-16-19-6-4-5-12-29-19/h4-15,18,28H,16-17H2,1-3H3,(H2,27,31,32)/b13-11-. The first-order chi connectivity index (χ1) is 18.1. The Kier molecular flexibility index (Phi) is 9.91. The molecule has 0 bridgehead atoms. The van der Waals surface area contributed by atoms with Crippen LogP contribution in [0.5, 0.6) is 17.4 Å². The third kappa shape index (κ3) is 8.98. The Morgan fingerprint density at radius 3 is 2.58 bits per heavy atom. The fourth-order valence-electron chi connectivity index (χ4n) is 3.10. The molecule has 0 aliphatic rings. The van der Waals surface area contributed by atoms with Gasteiger partial charge in [0.15, 0.2) is 9.84 Å². The summed E-state index contributed by atoms with van der Waals surface area (Å²) in [6.07, 6.45) is 5.46. The minimum absolute atomic E-state index is 0.0387. The molecular formula is C26H29N5O6S. The monoisotopic (exact) mass is 539 g/mol. The van der Waals surface area contributed by atoms with Crippen LogP contribution in [0.2, 0.25) is 0 Å². The summed E-state index contributed by atoms with van der Waals surface area (Å²) in [6.45, 7) is 2.55. The molecule has 0 aliphatic heterocycles. The topological polar surface area (TPSA) is 155 Å². The first-order valence-electron chi connectivity index (χ1n) is 11.5. The van der Waals surface area contributed by atoms with Gasteiger partial charge in [-0.1, -0.05) is 6.07 Å². The molecule has 38 heavy (non-hydrogen) atoms. The number of nitrogens with one attached hydrogen (secondary N) is 1. The Labute approximate surface area is 221 Å². The molecule has 11 nitrogen and oxygen atoms in total. The van der Waals surface area contributed by atoms with E-state index >= 15 is 0 Å². The quantitative estimate of drug-likeness (QED) is 0.259. The van der Waals surface area contributed by atoms with Gasteiger partial charge in [0.25, 0.3) is 5.91 Å². The van der Waals surface area contributed by atoms with Crippen molar-refractivity contribution in [3.8, 4) is 17.4 Å². The van der Waals surface area contributed by atoms with Crippen molar-refractivity contribution in [2.75, 3.05) is 20.0 Å². The van der Waals surface area contributed by atoms with Crippen LogP contribution in [0.15, 0.2) is 83.0 Å². The van der Waals surface area contributed by atoms with Crippen molar-refractivity contribution in [3.63, 3.8) is 0 Å². The maximum atomic E-state index is 12.8. The molecule has 0 saturated carbocycles. The molecule has 3 N–H and O–H groups in total. The minimum atomic E-state index is -3.35. The molecule has 1 unspecified atom stereocenters. The molecular weight excluding hydrogens is 510 g/mol. The van der Waals surface area contributed by atoms with Gasteiger partial charge in [-0.2, -0.15) is 4.99 Å². The third-order valence-electron chi connectivity index (χ3n) is 4.82. The number of rotatable bonds is 12. The number of aromatic nitrogens is 2. The Bertz CT molecular complexity index is 1390. The van der Waals surface area contributed by atoms with E-state index < -0.39 is 15.7 Å². The number of amides is 1. The van der Waals surface area contributed by atoms with Gasteiger partial charge < -0.3 is 25.3 Å². The summed E-state index contributed by atoms with van der Waals surface area (Å²) >= 11 is 0. The normalized spacial score (nSPS) is 12.8. The van der Waals surface area contributed by atoms with Crippen molar-refractivity contribution in [3.05, 3.63) is 84.5 Å². The van der Waals surface area contributed by atoms with E-state index in [0.717, 1.165) is 11.9 Å². The van der Waals surface area contributed by atoms with Crippen LogP contribution in [-0.2, 0) is 21.1 Å². The van der Waals surface area contributed by atoms with Crippen molar-refractivity contribution in [1.29, 1.82) is 0 Å². The molecule has 3 aromatic rings. The summed E-state index contributed by atoms with van der Waals surface area (Å²) in [5.74, 6) is -0.0500. The number of carbonyl (C=O) groups is 1. The van der Waals surface area contributed by atoms with Gasteiger partial charge in [0.2, 0.25) is 5.88 Å². The van der Waals surface area contributed by atoms with E-state index in [2.05, 4.69) is 20.3 Å². The lowest BCUT2D eigenvalue weighted by molar-refractivity contribution is 0.0879. The average molecular weight is 540 g/mol. The fraction of sp³-hybridized carbons (Fsp3) is 0.231. The highest BCUT2D eigenvalue weighted by Crippen LogP contribution is 2.27. The van der Waals surface area contributed by atoms with E-state index in [4.69, 9.17) is 19.9 Å². The lowest BCUT2D eigenvalue weighted by Gasteiger charge is -2.15. The third-order valence-corrected chi connectivity index (χ3v) is 5.95. The molecule has 1 amide bonds. The predicted octanol–water partition coefficient (Wildman–Crippen LogP) is 2.89. The van der Waals surface area contributed by atoms with Gasteiger partial charge in [-0.15, -0.1) is 0 Å². The SMILES string of the molecule is COCC(C)Oc1cc(Oc2ccc(S(C)(=O)=O)cc2)cc(C(=O)N=C(N)/C=C\NCc2ccccn2)n1. The van der Waals surface area contributed by atoms with E-state index in [1.165, 1.54) is 49.6 Å². The highest BCUT2D eigenvalue weighted by atomic mass is 32.2. The van der Waals surface area contributed by atoms with Crippen molar-refractivity contribution in [2.45, 2.75) is 24.5 Å². The van der Waals surface area contributed by atoms with E-state index in [1.54, 1.807) is 19.3 Å². The number of aliphatic imine (C=N–C) groups is 1. The van der Waals surface area contributed by atoms with E-state index in [9.17, 15) is 13.2 Å². The molecule has 0 radical (unpaired) electrons. The highest BCUT2D eigenvalue weighted by molar-refractivity contribution is 7.90. The first kappa shape index (κ1) is 28.3. The molecule has 2 heterocycles. The number of methoxy groups -OCH3 is 1. The lowest BCUT2D eigenvalue weighted by Crippen LogP contribution is -2.19. The lowest BCUT2D eigenvalue weighted by atomic mass is 10.3. The summed E-state index contributed by atoms with van der Waals surface area (Å²) in [5.41, 5.74) is 6.67. The Morgan fingerprint density at radius 2 is 1.92 bits per heavy atom. The minimum Gasteiger partial charge on any atom is -0.472 e. The molecule has 0 saturated heterocycles. The summed E-state index contributed by atoms with van der Waals surface area (Å²) < 4.78 is 40.1. The van der Waals surface area contributed by atoms with Gasteiger partial charge in [0.1, 0.15) is 29.1 Å². The number of pyridine rings is 2. The van der Waals surface area contributed by atoms with Crippen LogP contribution in [0.1, 0.15) is 23.1 Å². The smallest absolute Gasteiger partial charge is 0.297 e. The van der Waals surface area contributed by atoms with Crippen LogP contribution in [0.3, 0.4) is 0 Å². The molecule has 200 valence electrons. The maximum absolute atomic E-state index is 12.8. The Morgan fingerprint density at radius 1 is 1.16 bits per heavy atom. The highest BCUT2D eigenvalue weighted by Gasteiger charge is 2.15. The van der Waals surface area contributed by atoms with E-state index in [1.807, 2.05) is 18.2 Å². The summed E-state index contributed by atoms with van der Waals surface area (Å²) in [5, 5.41) is 3.02. The number of nitrogens with zero attached hydrogens (tertiary/aromatic N) is 3. The number of sulfone groups is 1. The second-order valence-corrected chi connectivity index (χ2v) is 10.1. The molecule has 1 aromatic carbocycles. The number of hydrogen-bond acceptors (Lipinski definition) is 9. The van der Waals surface area contributed by atoms with Crippen molar-refractivity contribution in [1.82, 2.24) is 15.3 Å². The zero-order valence-corrected chi connectivity index (χ0v) is 22.0. The fourth-order valence-corrected chi connectivity index (χ4v) is 3.73. The van der Waals surface area contributed by atoms with Crippen molar-refractivity contribution >= 4 is 21.6 Å². The van der Waals surface area contributed by atoms with Gasteiger partial charge in [-0.3, -0.25) is 9.78 Å². The average Bonchev–Trinajstić information content (AvgIpc) is 2.87. The van der Waals surface area contributed by atoms with Crippen molar-refractivity contribution in [2.24, 2.45) is 10.7 Å². The maximum Gasteiger partial charge on any atom is 0.297 e. The van der Waals surface area contributed by atoms with Crippen LogP contribution in [0.4, 0.5) is 0 Å². The largest absolute Gasteiger partial charge is 0.472 e. The number of nitrogens with two attached hydrogens (primary N) is 1. The van der Waals surface area contributed by atoms with Crippen LogP contribution in [0, 0.1) is 0 Å². The summed E-state index contributed by atoms with van der Waals surface area (Å²) in [4.78, 5) is 25.3. The molecule has 0 spiro atoms. The molecule has 2 aromatic heterocycles. The van der Waals surface area contributed by atoms with Gasteiger partial charge in [0.05, 0.1) is 23.7 Å². The number of benzene rings is 1. The molecule has 12 heteroatoms. The predicted molar refractivity (Wildman–Crippen MR) is 142 cm³/mol. The number of amidine groups is 1. The van der Waals surface area contributed by atoms with Crippen LogP contribution in [0.25, 0.3) is 0 Å². The summed E-state index contributed by atoms with van der Waals surface area (Å²) in [7, 11) is -1.81. The molecule has 1 atom stereocenters. The second kappa shape index (κ2) is 13.3. The van der Waals surface area contributed by atoms with Gasteiger partial charge in [-0.25, -0.2) is 13.4 Å². The first-order valence-corrected chi connectivity index (χ1v) is 13.4. The molecule has 0 fully saturated rings. The zero-order chi connectivity index (χ0) is 27.5. The van der Waals surface area contributed by atoms with Gasteiger partial charge in [-0.05, 0) is 49.4 Å². The number of carbonyl (C=O) groups excluding carboxylic acids is 1. The molecule has 0 aliphatic carbocycles. The number of hydrogen-bond donors (Lipinski definition) is 2. The van der Waals surface area contributed by atoms with E-state index in [0.29, 0.717) is 18.9 Å².